The zero-order chi connectivity index (χ0) is 37.5. The van der Waals surface area contributed by atoms with Gasteiger partial charge >= 0.3 is 23.9 Å². The molecular formula is C36H52N8O7. The lowest BCUT2D eigenvalue weighted by molar-refractivity contribution is -0.139. The highest BCUT2D eigenvalue weighted by Gasteiger charge is 2.56. The number of anilines is 1. The predicted molar refractivity (Wildman–Crippen MR) is 190 cm³/mol. The smallest absolute Gasteiger partial charge is 0.408 e. The Kier molecular flexibility index (Phi) is 10.4. The summed E-state index contributed by atoms with van der Waals surface area (Å²) in [7, 11) is 0. The number of rotatable bonds is 7. The molecule has 2 aliphatic heterocycles. The summed E-state index contributed by atoms with van der Waals surface area (Å²) in [5, 5.41) is 8.36. The van der Waals surface area contributed by atoms with Crippen LogP contribution in [0.2, 0.25) is 0 Å². The lowest BCUT2D eigenvalue weighted by atomic mass is 10.0. The highest BCUT2D eigenvalue weighted by molar-refractivity contribution is 5.91. The molecule has 0 spiro atoms. The summed E-state index contributed by atoms with van der Waals surface area (Å²) in [6.45, 7) is 19.2. The molecule has 3 fully saturated rings. The Morgan fingerprint density at radius 2 is 1.45 bits per heavy atom. The summed E-state index contributed by atoms with van der Waals surface area (Å²) >= 11 is 0. The molecular weight excluding hydrogens is 656 g/mol. The SMILES string of the molecule is C[C@H]1CN(C(=O)C(C)(C)NC(=O)OC(C)(C)C)CCN1C(=O)Nc1ccn(-c2ccc(CN3CC4C(C3)C4NC(=O)OC(C)(C)C)cc2)c(=O)n1. The maximum absolute atomic E-state index is 13.3. The molecule has 1 aromatic carbocycles. The number of amides is 5. The van der Waals surface area contributed by atoms with E-state index in [4.69, 9.17) is 9.47 Å². The van der Waals surface area contributed by atoms with Crippen molar-refractivity contribution < 1.29 is 28.7 Å². The maximum atomic E-state index is 13.3. The van der Waals surface area contributed by atoms with E-state index in [1.54, 1.807) is 56.7 Å². The van der Waals surface area contributed by atoms with E-state index in [9.17, 15) is 24.0 Å². The summed E-state index contributed by atoms with van der Waals surface area (Å²) in [6.07, 6.45) is 0.531. The number of piperazine rings is 1. The molecule has 2 aromatic rings. The fraction of sp³-hybridized carbons (Fsp3) is 0.611. The lowest BCUT2D eigenvalue weighted by Crippen LogP contribution is -2.62. The largest absolute Gasteiger partial charge is 0.444 e. The van der Waals surface area contributed by atoms with Crippen molar-refractivity contribution in [1.29, 1.82) is 0 Å². The number of carbonyl (C=O) groups is 4. The van der Waals surface area contributed by atoms with E-state index in [1.165, 1.54) is 4.57 Å². The second-order valence-corrected chi connectivity index (χ2v) is 16.3. The Labute approximate surface area is 299 Å². The number of aromatic nitrogens is 2. The molecule has 1 saturated carbocycles. The zero-order valence-corrected chi connectivity index (χ0v) is 31.1. The van der Waals surface area contributed by atoms with E-state index >= 15 is 0 Å². The van der Waals surface area contributed by atoms with Gasteiger partial charge in [-0.2, -0.15) is 4.98 Å². The molecule has 3 N–H and O–H groups in total. The van der Waals surface area contributed by atoms with Crippen LogP contribution in [0.1, 0.15) is 67.9 Å². The average molecular weight is 709 g/mol. The summed E-state index contributed by atoms with van der Waals surface area (Å²) < 4.78 is 12.1. The van der Waals surface area contributed by atoms with Gasteiger partial charge in [-0.3, -0.25) is 19.6 Å². The van der Waals surface area contributed by atoms with Crippen molar-refractivity contribution in [3.8, 4) is 5.69 Å². The van der Waals surface area contributed by atoms with Gasteiger partial charge in [0.25, 0.3) is 0 Å². The van der Waals surface area contributed by atoms with Crippen molar-refractivity contribution in [2.45, 2.75) is 97.7 Å². The van der Waals surface area contributed by atoms with Crippen LogP contribution < -0.4 is 21.6 Å². The molecule has 1 aliphatic carbocycles. The normalized spacial score (nSPS) is 22.1. The van der Waals surface area contributed by atoms with E-state index in [2.05, 4.69) is 25.8 Å². The molecule has 0 radical (unpaired) electrons. The monoisotopic (exact) mass is 708 g/mol. The van der Waals surface area contributed by atoms with Gasteiger partial charge in [-0.05, 0) is 97.9 Å². The van der Waals surface area contributed by atoms with Crippen LogP contribution in [0.25, 0.3) is 5.69 Å². The van der Waals surface area contributed by atoms with Crippen molar-refractivity contribution in [2.24, 2.45) is 11.8 Å². The molecule has 5 amide bonds. The Morgan fingerprint density at radius 1 is 0.843 bits per heavy atom. The van der Waals surface area contributed by atoms with Crippen LogP contribution in [0.5, 0.6) is 0 Å². The second-order valence-electron chi connectivity index (χ2n) is 16.3. The Bertz CT molecular complexity index is 1680. The summed E-state index contributed by atoms with van der Waals surface area (Å²) in [6, 6.07) is 8.68. The number of piperidine rings is 1. The standard InChI is InChI=1S/C36H52N8O7/c1-22-18-42(29(45)36(8,9)40-33(49)51-35(5,6)7)16-17-43(22)30(46)37-27-14-15-44(31(47)38-27)24-12-10-23(11-13-24)19-41-20-25-26(21-41)28(25)39-32(48)50-34(2,3)4/h10-15,22,25-26,28H,16-21H2,1-9H3,(H,39,48)(H,40,49)(H,37,38,46,47)/t22-,25?,26?,28?/m0/s1. The van der Waals surface area contributed by atoms with E-state index in [0.29, 0.717) is 17.5 Å². The van der Waals surface area contributed by atoms with Gasteiger partial charge in [0.05, 0.1) is 5.69 Å². The van der Waals surface area contributed by atoms with Crippen molar-refractivity contribution in [1.82, 2.24) is 34.9 Å². The van der Waals surface area contributed by atoms with Gasteiger partial charge in [0.2, 0.25) is 5.91 Å². The summed E-state index contributed by atoms with van der Waals surface area (Å²) in [5.74, 6) is 0.710. The molecule has 2 unspecified atom stereocenters. The third-order valence-electron chi connectivity index (χ3n) is 9.14. The van der Waals surface area contributed by atoms with Crippen molar-refractivity contribution in [2.75, 3.05) is 38.0 Å². The number of alkyl carbamates (subject to hydrolysis) is 2. The van der Waals surface area contributed by atoms with Gasteiger partial charge in [-0.25, -0.2) is 19.2 Å². The van der Waals surface area contributed by atoms with E-state index < -0.39 is 34.6 Å². The van der Waals surface area contributed by atoms with Gasteiger partial charge < -0.3 is 29.9 Å². The molecule has 3 atom stereocenters. The van der Waals surface area contributed by atoms with Crippen molar-refractivity contribution in [3.05, 3.63) is 52.6 Å². The van der Waals surface area contributed by atoms with Crippen molar-refractivity contribution in [3.63, 3.8) is 0 Å². The van der Waals surface area contributed by atoms with E-state index in [0.717, 1.165) is 25.2 Å². The maximum Gasteiger partial charge on any atom is 0.408 e. The third kappa shape index (κ3) is 9.57. The first-order valence-electron chi connectivity index (χ1n) is 17.5. The Balaban J connectivity index is 1.09. The minimum atomic E-state index is -1.21. The Hall–Kier alpha value is -4.66. The number of hydrogen-bond acceptors (Lipinski definition) is 9. The average Bonchev–Trinajstić information content (AvgIpc) is 3.41. The summed E-state index contributed by atoms with van der Waals surface area (Å²) in [5.41, 5.74) is -1.19. The quantitative estimate of drug-likeness (QED) is 0.390. The highest BCUT2D eigenvalue weighted by Crippen LogP contribution is 2.46. The van der Waals surface area contributed by atoms with Crippen LogP contribution in [0.3, 0.4) is 0 Å². The number of hydrogen-bond donors (Lipinski definition) is 3. The number of urea groups is 1. The molecule has 0 bridgehead atoms. The first-order chi connectivity index (χ1) is 23.7. The lowest BCUT2D eigenvalue weighted by Gasteiger charge is -2.42. The van der Waals surface area contributed by atoms with Gasteiger partial charge in [0.15, 0.2) is 0 Å². The van der Waals surface area contributed by atoms with Gasteiger partial charge in [0.1, 0.15) is 22.6 Å². The van der Waals surface area contributed by atoms with Crippen LogP contribution in [0.4, 0.5) is 20.2 Å². The van der Waals surface area contributed by atoms with Gasteiger partial charge in [0, 0.05) is 57.5 Å². The molecule has 51 heavy (non-hydrogen) atoms. The molecule has 2 saturated heterocycles. The molecule has 15 heteroatoms. The number of nitrogens with one attached hydrogen (secondary N) is 3. The van der Waals surface area contributed by atoms with Crippen molar-refractivity contribution >= 4 is 29.9 Å². The molecule has 278 valence electrons. The van der Waals surface area contributed by atoms with E-state index in [1.807, 2.05) is 52.0 Å². The van der Waals surface area contributed by atoms with Gasteiger partial charge in [-0.15, -0.1) is 0 Å². The van der Waals surface area contributed by atoms with Crippen LogP contribution in [-0.4, -0.2) is 110 Å². The zero-order valence-electron chi connectivity index (χ0n) is 31.1. The number of carbonyl (C=O) groups excluding carboxylic acids is 4. The molecule has 15 nitrogen and oxygen atoms in total. The molecule has 5 rings (SSSR count). The minimum Gasteiger partial charge on any atom is -0.444 e. The van der Waals surface area contributed by atoms with Gasteiger partial charge in [-0.1, -0.05) is 12.1 Å². The number of ether oxygens (including phenoxy) is 2. The summed E-state index contributed by atoms with van der Waals surface area (Å²) in [4.78, 5) is 73.5. The topological polar surface area (TPSA) is 167 Å². The first kappa shape index (κ1) is 37.6. The molecule has 3 heterocycles. The fourth-order valence-electron chi connectivity index (χ4n) is 6.72. The van der Waals surface area contributed by atoms with Crippen LogP contribution in [-0.2, 0) is 20.8 Å². The Morgan fingerprint density at radius 3 is 2.02 bits per heavy atom. The third-order valence-corrected chi connectivity index (χ3v) is 9.14. The number of nitrogens with zero attached hydrogens (tertiary/aromatic N) is 5. The fourth-order valence-corrected chi connectivity index (χ4v) is 6.72. The highest BCUT2D eigenvalue weighted by atomic mass is 16.6. The van der Waals surface area contributed by atoms with Crippen LogP contribution >= 0.6 is 0 Å². The van der Waals surface area contributed by atoms with Crippen LogP contribution in [0.15, 0.2) is 41.3 Å². The minimum absolute atomic E-state index is 0.123. The number of fused-ring (bicyclic) bond motifs is 1. The molecule has 3 aliphatic rings. The second kappa shape index (κ2) is 14.2. The van der Waals surface area contributed by atoms with E-state index in [-0.39, 0.29) is 49.5 Å². The first-order valence-corrected chi connectivity index (χ1v) is 17.5. The van der Waals surface area contributed by atoms with Crippen LogP contribution in [0, 0.1) is 11.8 Å². The molecule has 1 aromatic heterocycles. The number of benzene rings is 1. The predicted octanol–water partition coefficient (Wildman–Crippen LogP) is 3.56. The number of likely N-dealkylation sites (tertiary alicyclic amines) is 1.